The van der Waals surface area contributed by atoms with Crippen molar-refractivity contribution in [1.29, 1.82) is 0 Å². The maximum atomic E-state index is 12.7. The number of nitrogens with one attached hydrogen (secondary N) is 1. The first-order chi connectivity index (χ1) is 15.3. The van der Waals surface area contributed by atoms with Crippen molar-refractivity contribution in [2.75, 3.05) is 31.6 Å². The second-order valence-electron chi connectivity index (χ2n) is 7.23. The van der Waals surface area contributed by atoms with Crippen LogP contribution in [-0.2, 0) is 24.3 Å². The molecule has 1 fully saturated rings. The number of benzene rings is 2. The lowest BCUT2D eigenvalue weighted by atomic mass is 10.2. The van der Waals surface area contributed by atoms with Crippen LogP contribution in [0.5, 0.6) is 0 Å². The van der Waals surface area contributed by atoms with Gasteiger partial charge in [0.25, 0.3) is 5.91 Å². The smallest absolute Gasteiger partial charge is 0.375 e. The number of rotatable bonds is 6. The zero-order valence-electron chi connectivity index (χ0n) is 17.3. The molecule has 2 aromatic carbocycles. The number of morpholine rings is 1. The molecule has 4 rings (SSSR count). The largest absolute Gasteiger partial charge is 0.449 e. The van der Waals surface area contributed by atoms with E-state index in [-0.39, 0.29) is 10.7 Å². The molecule has 0 bridgehead atoms. The number of carbonyl (C=O) groups excluding carboxylic acids is 2. The Hall–Kier alpha value is -3.21. The van der Waals surface area contributed by atoms with Gasteiger partial charge in [0.05, 0.1) is 18.1 Å². The Morgan fingerprint density at radius 3 is 2.44 bits per heavy atom. The van der Waals surface area contributed by atoms with Crippen LogP contribution in [0.1, 0.15) is 17.5 Å². The van der Waals surface area contributed by atoms with Crippen molar-refractivity contribution in [2.24, 2.45) is 0 Å². The molecule has 0 spiro atoms. The Labute approximate surface area is 184 Å². The van der Waals surface area contributed by atoms with Crippen molar-refractivity contribution in [3.05, 3.63) is 60.4 Å². The van der Waals surface area contributed by atoms with Gasteiger partial charge < -0.3 is 19.2 Å². The lowest BCUT2D eigenvalue weighted by molar-refractivity contribution is -0.123. The molecule has 1 aliphatic heterocycles. The Balaban J connectivity index is 1.37. The van der Waals surface area contributed by atoms with Crippen molar-refractivity contribution in [3.63, 3.8) is 0 Å². The van der Waals surface area contributed by atoms with E-state index in [0.717, 1.165) is 5.39 Å². The SMILES string of the molecule is C[C@H](OC(=O)c1cc2ccccc2o1)C(=O)Nc1ccc(S(=O)(=O)N2CCOCC2)cc1. The Bertz CT molecular complexity index is 1200. The average Bonchev–Trinajstić information content (AvgIpc) is 3.24. The molecule has 3 aromatic rings. The first kappa shape index (κ1) is 22.0. The van der Waals surface area contributed by atoms with E-state index in [0.29, 0.717) is 37.6 Å². The highest BCUT2D eigenvalue weighted by Gasteiger charge is 2.26. The molecule has 1 aliphatic rings. The van der Waals surface area contributed by atoms with Gasteiger partial charge in [-0.2, -0.15) is 4.31 Å². The van der Waals surface area contributed by atoms with Gasteiger partial charge >= 0.3 is 5.97 Å². The second kappa shape index (κ2) is 9.11. The quantitative estimate of drug-likeness (QED) is 0.565. The maximum Gasteiger partial charge on any atom is 0.375 e. The predicted octanol–water partition coefficient (Wildman–Crippen LogP) is 2.64. The number of amides is 1. The van der Waals surface area contributed by atoms with Gasteiger partial charge in [-0.25, -0.2) is 13.2 Å². The summed E-state index contributed by atoms with van der Waals surface area (Å²) in [7, 11) is -3.62. The van der Waals surface area contributed by atoms with Gasteiger partial charge in [-0.1, -0.05) is 18.2 Å². The number of para-hydroxylation sites is 1. The zero-order chi connectivity index (χ0) is 22.7. The Morgan fingerprint density at radius 2 is 1.75 bits per heavy atom. The molecule has 9 nitrogen and oxygen atoms in total. The van der Waals surface area contributed by atoms with Crippen LogP contribution in [0.15, 0.2) is 63.9 Å². The summed E-state index contributed by atoms with van der Waals surface area (Å²) in [6.45, 7) is 2.76. The molecule has 168 valence electrons. The summed E-state index contributed by atoms with van der Waals surface area (Å²) < 4.78 is 42.5. The van der Waals surface area contributed by atoms with Crippen molar-refractivity contribution in [1.82, 2.24) is 4.31 Å². The molecule has 10 heteroatoms. The van der Waals surface area contributed by atoms with E-state index in [9.17, 15) is 18.0 Å². The lowest BCUT2D eigenvalue weighted by Gasteiger charge is -2.26. The number of carbonyl (C=O) groups is 2. The summed E-state index contributed by atoms with van der Waals surface area (Å²) in [4.78, 5) is 24.9. The maximum absolute atomic E-state index is 12.7. The molecule has 1 saturated heterocycles. The van der Waals surface area contributed by atoms with E-state index < -0.39 is 28.0 Å². The minimum absolute atomic E-state index is 0.00326. The van der Waals surface area contributed by atoms with Crippen LogP contribution in [0.2, 0.25) is 0 Å². The van der Waals surface area contributed by atoms with Gasteiger partial charge in [0, 0.05) is 24.2 Å². The van der Waals surface area contributed by atoms with Gasteiger partial charge in [-0.15, -0.1) is 0 Å². The van der Waals surface area contributed by atoms with Crippen LogP contribution in [-0.4, -0.2) is 57.0 Å². The topological polar surface area (TPSA) is 115 Å². The fraction of sp³-hybridized carbons (Fsp3) is 0.273. The molecule has 0 aliphatic carbocycles. The van der Waals surface area contributed by atoms with E-state index in [4.69, 9.17) is 13.9 Å². The van der Waals surface area contributed by atoms with E-state index in [1.165, 1.54) is 35.5 Å². The average molecular weight is 458 g/mol. The summed E-state index contributed by atoms with van der Waals surface area (Å²) in [5, 5.41) is 3.36. The minimum Gasteiger partial charge on any atom is -0.449 e. The molecule has 1 atom stereocenters. The van der Waals surface area contributed by atoms with Crippen LogP contribution in [0, 0.1) is 0 Å². The molecule has 1 N–H and O–H groups in total. The molecule has 0 unspecified atom stereocenters. The number of esters is 1. The predicted molar refractivity (Wildman–Crippen MR) is 116 cm³/mol. The highest BCUT2D eigenvalue weighted by Crippen LogP contribution is 2.21. The van der Waals surface area contributed by atoms with E-state index in [2.05, 4.69) is 5.32 Å². The van der Waals surface area contributed by atoms with Crippen LogP contribution in [0.3, 0.4) is 0 Å². The first-order valence-electron chi connectivity index (χ1n) is 10.0. The molecule has 32 heavy (non-hydrogen) atoms. The van der Waals surface area contributed by atoms with E-state index in [1.54, 1.807) is 24.3 Å². The van der Waals surface area contributed by atoms with E-state index in [1.807, 2.05) is 6.07 Å². The normalized spacial score (nSPS) is 15.9. The summed E-state index contributed by atoms with van der Waals surface area (Å²) in [6, 6.07) is 14.5. The van der Waals surface area contributed by atoms with E-state index >= 15 is 0 Å². The van der Waals surface area contributed by atoms with Crippen LogP contribution < -0.4 is 5.32 Å². The summed E-state index contributed by atoms with van der Waals surface area (Å²) in [5.41, 5.74) is 0.922. The fourth-order valence-corrected chi connectivity index (χ4v) is 4.65. The lowest BCUT2D eigenvalue weighted by Crippen LogP contribution is -2.40. The highest BCUT2D eigenvalue weighted by molar-refractivity contribution is 7.89. The number of hydrogen-bond donors (Lipinski definition) is 1. The monoisotopic (exact) mass is 458 g/mol. The van der Waals surface area contributed by atoms with Crippen molar-refractivity contribution < 1.29 is 31.9 Å². The van der Waals surface area contributed by atoms with Crippen molar-refractivity contribution >= 4 is 38.6 Å². The molecule has 2 heterocycles. The first-order valence-corrected chi connectivity index (χ1v) is 11.5. The van der Waals surface area contributed by atoms with Gasteiger partial charge in [-0.3, -0.25) is 4.79 Å². The molecule has 1 aromatic heterocycles. The molecular weight excluding hydrogens is 436 g/mol. The third kappa shape index (κ3) is 4.67. The minimum atomic E-state index is -3.62. The summed E-state index contributed by atoms with van der Waals surface area (Å²) >= 11 is 0. The molecule has 1 amide bonds. The van der Waals surface area contributed by atoms with Gasteiger partial charge in [0.1, 0.15) is 5.58 Å². The van der Waals surface area contributed by atoms with Gasteiger partial charge in [-0.05, 0) is 43.3 Å². The van der Waals surface area contributed by atoms with Gasteiger partial charge in [0.2, 0.25) is 15.8 Å². The number of hydrogen-bond acceptors (Lipinski definition) is 7. The third-order valence-electron chi connectivity index (χ3n) is 5.01. The number of fused-ring (bicyclic) bond motifs is 1. The molecule has 0 saturated carbocycles. The Morgan fingerprint density at radius 1 is 1.06 bits per heavy atom. The number of ether oxygens (including phenoxy) is 2. The fourth-order valence-electron chi connectivity index (χ4n) is 3.24. The molecular formula is C22H22N2O7S. The van der Waals surface area contributed by atoms with Crippen LogP contribution in [0.4, 0.5) is 5.69 Å². The number of anilines is 1. The standard InChI is InChI=1S/C22H22N2O7S/c1-15(30-22(26)20-14-16-4-2-3-5-19(16)31-20)21(25)23-17-6-8-18(9-7-17)32(27,28)24-10-12-29-13-11-24/h2-9,14-15H,10-13H2,1H3,(H,23,25)/t15-/m0/s1. The number of sulfonamides is 1. The van der Waals surface area contributed by atoms with Crippen LogP contribution in [0.25, 0.3) is 11.0 Å². The number of nitrogens with zero attached hydrogens (tertiary/aromatic N) is 1. The van der Waals surface area contributed by atoms with Crippen LogP contribution >= 0.6 is 0 Å². The molecule has 0 radical (unpaired) electrons. The summed E-state index contributed by atoms with van der Waals surface area (Å²) in [5.74, 6) is -1.31. The summed E-state index contributed by atoms with van der Waals surface area (Å²) in [6.07, 6.45) is -1.09. The van der Waals surface area contributed by atoms with Gasteiger partial charge in [0.15, 0.2) is 6.10 Å². The second-order valence-corrected chi connectivity index (χ2v) is 9.16. The Kier molecular flexibility index (Phi) is 6.26. The zero-order valence-corrected chi connectivity index (χ0v) is 18.1. The van der Waals surface area contributed by atoms with Crippen molar-refractivity contribution in [2.45, 2.75) is 17.9 Å². The number of furan rings is 1. The van der Waals surface area contributed by atoms with Crippen molar-refractivity contribution in [3.8, 4) is 0 Å². The third-order valence-corrected chi connectivity index (χ3v) is 6.92. The highest BCUT2D eigenvalue weighted by atomic mass is 32.2.